The number of unbranched alkanes of at least 4 members (excludes halogenated alkanes) is 18. The van der Waals surface area contributed by atoms with Crippen LogP contribution in [0.25, 0.3) is 0 Å². The first-order valence-corrected chi connectivity index (χ1v) is 25.6. The zero-order valence-electron chi connectivity index (χ0n) is 39.4. The van der Waals surface area contributed by atoms with Crippen molar-refractivity contribution in [2.24, 2.45) is 11.8 Å². The van der Waals surface area contributed by atoms with Crippen LogP contribution in [0.2, 0.25) is 0 Å². The van der Waals surface area contributed by atoms with Crippen molar-refractivity contribution in [1.29, 1.82) is 0 Å². The Balaban J connectivity index is 5.59. The first-order valence-electron chi connectivity index (χ1n) is 25.6. The molecule has 0 saturated heterocycles. The molecule has 1 N–H and O–H groups in total. The highest BCUT2D eigenvalue weighted by Gasteiger charge is 2.24. The van der Waals surface area contributed by atoms with Crippen LogP contribution in [0.15, 0.2) is 0 Å². The van der Waals surface area contributed by atoms with E-state index in [9.17, 15) is 9.59 Å². The molecular weight excluding hydrogens is 689 g/mol. The second-order valence-corrected chi connectivity index (χ2v) is 18.1. The molecule has 0 rings (SSSR count). The molecule has 0 bridgehead atoms. The van der Waals surface area contributed by atoms with Crippen LogP contribution in [0.3, 0.4) is 0 Å². The summed E-state index contributed by atoms with van der Waals surface area (Å²) >= 11 is 0. The molecule has 5 nitrogen and oxygen atoms in total. The lowest BCUT2D eigenvalue weighted by Gasteiger charge is -2.33. The number of urea groups is 1. The second-order valence-electron chi connectivity index (χ2n) is 18.1. The first kappa shape index (κ1) is 54.7. The minimum Gasteiger partial charge on any atom is -0.462 e. The van der Waals surface area contributed by atoms with Crippen LogP contribution in [0.5, 0.6) is 0 Å². The molecule has 0 aliphatic carbocycles. The zero-order chi connectivity index (χ0) is 41.3. The van der Waals surface area contributed by atoms with Gasteiger partial charge < -0.3 is 15.0 Å². The maximum Gasteiger partial charge on any atom is 0.317 e. The fraction of sp³-hybridized carbons (Fsp3) is 0.961. The van der Waals surface area contributed by atoms with Crippen molar-refractivity contribution >= 4 is 12.0 Å². The molecular formula is C51H102N2O3. The molecule has 0 aromatic carbocycles. The van der Waals surface area contributed by atoms with Crippen molar-refractivity contribution < 1.29 is 14.3 Å². The van der Waals surface area contributed by atoms with Crippen LogP contribution in [-0.2, 0) is 9.53 Å². The van der Waals surface area contributed by atoms with E-state index in [1.807, 2.05) is 0 Å². The Kier molecular flexibility index (Phi) is 40.9. The van der Waals surface area contributed by atoms with Gasteiger partial charge in [-0.1, -0.05) is 215 Å². The molecule has 0 saturated carbocycles. The maximum atomic E-state index is 13.9. The Morgan fingerprint density at radius 1 is 0.464 bits per heavy atom. The lowest BCUT2D eigenvalue weighted by molar-refractivity contribution is -0.150. The smallest absolute Gasteiger partial charge is 0.317 e. The normalized spacial score (nSPS) is 12.7. The number of carbonyl (C=O) groups is 2. The zero-order valence-corrected chi connectivity index (χ0v) is 39.4. The quantitative estimate of drug-likeness (QED) is 0.0494. The van der Waals surface area contributed by atoms with Gasteiger partial charge in [0.1, 0.15) is 6.10 Å². The lowest BCUT2D eigenvalue weighted by atomic mass is 9.88. The average Bonchev–Trinajstić information content (AvgIpc) is 3.18. The second kappa shape index (κ2) is 41.9. The van der Waals surface area contributed by atoms with Crippen molar-refractivity contribution in [3.63, 3.8) is 0 Å². The Morgan fingerprint density at radius 2 is 0.893 bits per heavy atom. The van der Waals surface area contributed by atoms with Crippen LogP contribution < -0.4 is 5.32 Å². The minimum absolute atomic E-state index is 0.0226. The molecule has 0 aromatic rings. The first-order chi connectivity index (χ1) is 27.4. The summed E-state index contributed by atoms with van der Waals surface area (Å²) in [6.07, 6.45) is 43.6. The number of nitrogens with zero attached hydrogens (tertiary/aromatic N) is 1. The number of carbonyl (C=O) groups excluding carboxylic acids is 2. The van der Waals surface area contributed by atoms with Crippen molar-refractivity contribution in [3.8, 4) is 0 Å². The van der Waals surface area contributed by atoms with Gasteiger partial charge in [-0.2, -0.15) is 0 Å². The van der Waals surface area contributed by atoms with E-state index in [0.29, 0.717) is 12.3 Å². The standard InChI is InChI=1S/C51H102N2O3/c1-8-14-19-23-28-35-47(36-29-24-20-15-9-2)37-32-38-48(53(45-13-6)51(55)52-44-43-46(7)34-27-18-12-5)39-33-42-50(54)56-49(40-30-25-21-16-10-3)41-31-26-22-17-11-4/h46-49H,8-45H2,1-7H3,(H,52,55). The number of rotatable bonds is 43. The monoisotopic (exact) mass is 791 g/mol. The molecule has 5 heteroatoms. The van der Waals surface area contributed by atoms with Crippen LogP contribution in [0.1, 0.15) is 280 Å². The Morgan fingerprint density at radius 3 is 1.39 bits per heavy atom. The minimum atomic E-state index is -0.0226. The van der Waals surface area contributed by atoms with E-state index >= 15 is 0 Å². The van der Waals surface area contributed by atoms with Gasteiger partial charge >= 0.3 is 12.0 Å². The Hall–Kier alpha value is -1.26. The lowest BCUT2D eigenvalue weighted by Crippen LogP contribution is -2.47. The SMILES string of the molecule is CCCCCCCC(CCCCCCC)CCCC(CCCC(=O)OC(CCCCCCC)CCCCCCC)N(CCC)C(=O)NCCC(C)CCCCC. The summed E-state index contributed by atoms with van der Waals surface area (Å²) in [7, 11) is 0. The summed E-state index contributed by atoms with van der Waals surface area (Å²) in [6.45, 7) is 17.5. The van der Waals surface area contributed by atoms with E-state index in [0.717, 1.165) is 76.8 Å². The van der Waals surface area contributed by atoms with Crippen LogP contribution in [-0.4, -0.2) is 42.1 Å². The van der Waals surface area contributed by atoms with E-state index < -0.39 is 0 Å². The van der Waals surface area contributed by atoms with Gasteiger partial charge in [-0.3, -0.25) is 4.79 Å². The van der Waals surface area contributed by atoms with Crippen molar-refractivity contribution in [2.75, 3.05) is 13.1 Å². The molecule has 56 heavy (non-hydrogen) atoms. The third-order valence-corrected chi connectivity index (χ3v) is 12.4. The van der Waals surface area contributed by atoms with Gasteiger partial charge in [0.2, 0.25) is 0 Å². The van der Waals surface area contributed by atoms with Crippen molar-refractivity contribution in [1.82, 2.24) is 10.2 Å². The largest absolute Gasteiger partial charge is 0.462 e. The molecule has 334 valence electrons. The molecule has 2 amide bonds. The molecule has 2 unspecified atom stereocenters. The number of esters is 1. The third kappa shape index (κ3) is 33.7. The molecule has 2 atom stereocenters. The average molecular weight is 791 g/mol. The van der Waals surface area contributed by atoms with E-state index in [1.54, 1.807) is 0 Å². The predicted molar refractivity (Wildman–Crippen MR) is 247 cm³/mol. The predicted octanol–water partition coefficient (Wildman–Crippen LogP) is 16.7. The molecule has 0 fully saturated rings. The number of hydrogen-bond donors (Lipinski definition) is 1. The van der Waals surface area contributed by atoms with Gasteiger partial charge in [0.25, 0.3) is 0 Å². The topological polar surface area (TPSA) is 58.6 Å². The van der Waals surface area contributed by atoms with Gasteiger partial charge in [0.05, 0.1) is 0 Å². The van der Waals surface area contributed by atoms with Crippen molar-refractivity contribution in [3.05, 3.63) is 0 Å². The number of nitrogens with one attached hydrogen (secondary N) is 1. The summed E-state index contributed by atoms with van der Waals surface area (Å²) in [4.78, 5) is 29.4. The Labute approximate surface area is 352 Å². The fourth-order valence-corrected chi connectivity index (χ4v) is 8.65. The van der Waals surface area contributed by atoms with Gasteiger partial charge in [0.15, 0.2) is 0 Å². The molecule has 0 heterocycles. The summed E-state index contributed by atoms with van der Waals surface area (Å²) in [5.41, 5.74) is 0. The summed E-state index contributed by atoms with van der Waals surface area (Å²) in [6, 6.07) is 0.280. The Bertz CT molecular complexity index is 806. The van der Waals surface area contributed by atoms with E-state index in [-0.39, 0.29) is 24.1 Å². The fourth-order valence-electron chi connectivity index (χ4n) is 8.65. The van der Waals surface area contributed by atoms with Crippen LogP contribution in [0.4, 0.5) is 4.79 Å². The maximum absolute atomic E-state index is 13.9. The van der Waals surface area contributed by atoms with E-state index in [1.165, 1.54) is 167 Å². The van der Waals surface area contributed by atoms with Gasteiger partial charge in [-0.25, -0.2) is 4.79 Å². The highest BCUT2D eigenvalue weighted by Crippen LogP contribution is 2.27. The summed E-state index contributed by atoms with van der Waals surface area (Å²) in [5.74, 6) is 1.42. The number of ether oxygens (including phenoxy) is 1. The van der Waals surface area contributed by atoms with Crippen molar-refractivity contribution in [2.45, 2.75) is 292 Å². The highest BCUT2D eigenvalue weighted by molar-refractivity contribution is 5.74. The summed E-state index contributed by atoms with van der Waals surface area (Å²) in [5, 5.41) is 3.34. The van der Waals surface area contributed by atoms with Gasteiger partial charge in [-0.15, -0.1) is 0 Å². The van der Waals surface area contributed by atoms with Gasteiger partial charge in [0, 0.05) is 25.6 Å². The third-order valence-electron chi connectivity index (χ3n) is 12.4. The molecule has 0 aliphatic rings. The van der Waals surface area contributed by atoms with Crippen LogP contribution in [0, 0.1) is 11.8 Å². The molecule has 0 spiro atoms. The molecule has 0 aliphatic heterocycles. The van der Waals surface area contributed by atoms with Crippen LogP contribution >= 0.6 is 0 Å². The number of amides is 2. The highest BCUT2D eigenvalue weighted by atomic mass is 16.5. The van der Waals surface area contributed by atoms with Gasteiger partial charge in [-0.05, 0) is 69.6 Å². The van der Waals surface area contributed by atoms with E-state index in [2.05, 4.69) is 58.7 Å². The molecule has 0 radical (unpaired) electrons. The summed E-state index contributed by atoms with van der Waals surface area (Å²) < 4.78 is 6.22. The van der Waals surface area contributed by atoms with E-state index in [4.69, 9.17) is 4.74 Å². The number of hydrogen-bond acceptors (Lipinski definition) is 3. The molecule has 0 aromatic heterocycles.